The highest BCUT2D eigenvalue weighted by Gasteiger charge is 2.37. The van der Waals surface area contributed by atoms with Crippen LogP contribution in [0.3, 0.4) is 0 Å². The topological polar surface area (TPSA) is 45.1 Å². The van der Waals surface area contributed by atoms with Crippen LogP contribution >= 0.6 is 0 Å². The van der Waals surface area contributed by atoms with Crippen molar-refractivity contribution < 1.29 is 31.4 Å². The number of anilines is 2. The molecule has 0 aliphatic rings. The van der Waals surface area contributed by atoms with Gasteiger partial charge in [0.05, 0.1) is 16.8 Å². The van der Waals surface area contributed by atoms with Crippen molar-refractivity contribution in [2.75, 3.05) is 5.32 Å². The molecule has 26 heavy (non-hydrogen) atoms. The van der Waals surface area contributed by atoms with Crippen LogP contribution < -0.4 is 5.32 Å². The van der Waals surface area contributed by atoms with E-state index < -0.39 is 29.1 Å². The molecule has 3 aromatic rings. The lowest BCUT2D eigenvalue weighted by Crippen LogP contribution is -2.12. The number of aromatic hydroxyl groups is 1. The van der Waals surface area contributed by atoms with Gasteiger partial charge in [0.25, 0.3) is 0 Å². The second kappa shape index (κ2) is 6.08. The fourth-order valence-corrected chi connectivity index (χ4v) is 2.43. The largest absolute Gasteiger partial charge is 0.508 e. The summed E-state index contributed by atoms with van der Waals surface area (Å²) in [4.78, 5) is 3.20. The summed E-state index contributed by atoms with van der Waals surface area (Å²) < 4.78 is 78.9. The van der Waals surface area contributed by atoms with E-state index in [9.17, 15) is 31.4 Å². The first-order chi connectivity index (χ1) is 12.1. The quantitative estimate of drug-likeness (QED) is 0.447. The number of benzene rings is 2. The van der Waals surface area contributed by atoms with E-state index in [-0.39, 0.29) is 16.8 Å². The lowest BCUT2D eigenvalue weighted by molar-refractivity contribution is -0.142. The van der Waals surface area contributed by atoms with Gasteiger partial charge in [-0.2, -0.15) is 26.3 Å². The maximum absolute atomic E-state index is 13.2. The molecule has 0 aliphatic heterocycles. The molecule has 0 atom stereocenters. The zero-order valence-corrected chi connectivity index (χ0v) is 12.8. The second-order valence-corrected chi connectivity index (χ2v) is 5.42. The third-order valence-corrected chi connectivity index (χ3v) is 3.58. The molecule has 1 aromatic heterocycles. The number of nitrogens with one attached hydrogen (secondary N) is 1. The number of hydrogen-bond acceptors (Lipinski definition) is 3. The third-order valence-electron chi connectivity index (χ3n) is 3.58. The van der Waals surface area contributed by atoms with Gasteiger partial charge in [-0.15, -0.1) is 0 Å². The van der Waals surface area contributed by atoms with Crippen LogP contribution in [-0.4, -0.2) is 10.1 Å². The number of aromatic nitrogens is 1. The van der Waals surface area contributed by atoms with Crippen LogP contribution in [0.4, 0.5) is 37.7 Å². The van der Waals surface area contributed by atoms with Crippen molar-refractivity contribution in [1.29, 1.82) is 0 Å². The molecule has 0 fully saturated rings. The summed E-state index contributed by atoms with van der Waals surface area (Å²) in [6.07, 6.45) is -9.77. The maximum atomic E-state index is 13.2. The van der Waals surface area contributed by atoms with E-state index in [1.165, 1.54) is 30.3 Å². The minimum Gasteiger partial charge on any atom is -0.508 e. The molecule has 3 rings (SSSR count). The number of alkyl halides is 6. The highest BCUT2D eigenvalue weighted by Crippen LogP contribution is 2.39. The number of phenolic OH excluding ortho intramolecular Hbond substituents is 1. The van der Waals surface area contributed by atoms with Gasteiger partial charge in [-0.05, 0) is 36.4 Å². The van der Waals surface area contributed by atoms with Crippen molar-refractivity contribution in [2.24, 2.45) is 0 Å². The number of halogens is 6. The van der Waals surface area contributed by atoms with Crippen LogP contribution in [0.15, 0.2) is 48.5 Å². The Bertz CT molecular complexity index is 948. The Morgan fingerprint density at radius 3 is 2.08 bits per heavy atom. The second-order valence-electron chi connectivity index (χ2n) is 5.42. The number of phenols is 1. The first kappa shape index (κ1) is 17.8. The predicted octanol–water partition coefficient (Wildman–Crippen LogP) is 5.72. The maximum Gasteiger partial charge on any atom is 0.433 e. The average molecular weight is 372 g/mol. The number of pyridine rings is 1. The summed E-state index contributed by atoms with van der Waals surface area (Å²) in [5.41, 5.74) is -3.38. The normalized spacial score (nSPS) is 12.4. The number of hydrogen-bond donors (Lipinski definition) is 2. The average Bonchev–Trinajstić information content (AvgIpc) is 2.54. The van der Waals surface area contributed by atoms with Crippen LogP contribution in [0.5, 0.6) is 5.75 Å². The minimum absolute atomic E-state index is 0.0644. The van der Waals surface area contributed by atoms with Gasteiger partial charge in [0.15, 0.2) is 0 Å². The summed E-state index contributed by atoms with van der Waals surface area (Å²) >= 11 is 0. The fourth-order valence-electron chi connectivity index (χ4n) is 2.43. The van der Waals surface area contributed by atoms with E-state index in [1.54, 1.807) is 0 Å². The van der Waals surface area contributed by atoms with Crippen molar-refractivity contribution >= 4 is 22.3 Å². The van der Waals surface area contributed by atoms with Crippen molar-refractivity contribution in [1.82, 2.24) is 4.98 Å². The first-order valence-corrected chi connectivity index (χ1v) is 7.20. The number of nitrogens with zero attached hydrogens (tertiary/aromatic N) is 1. The molecule has 0 aliphatic carbocycles. The molecule has 0 unspecified atom stereocenters. The molecule has 0 radical (unpaired) electrons. The minimum atomic E-state index is -4.92. The van der Waals surface area contributed by atoms with Crippen molar-refractivity contribution in [2.45, 2.75) is 12.4 Å². The molecule has 0 saturated carbocycles. The van der Waals surface area contributed by atoms with Crippen molar-refractivity contribution in [3.63, 3.8) is 0 Å². The Kier molecular flexibility index (Phi) is 4.17. The lowest BCUT2D eigenvalue weighted by atomic mass is 10.1. The van der Waals surface area contributed by atoms with Gasteiger partial charge >= 0.3 is 12.4 Å². The SMILES string of the molecule is Oc1ccc(Nc2cc(C(F)(F)F)nc3c(C(F)(F)F)cccc23)cc1. The molecule has 1 heterocycles. The number of para-hydroxylation sites is 1. The zero-order chi connectivity index (χ0) is 19.1. The van der Waals surface area contributed by atoms with Gasteiger partial charge in [0.1, 0.15) is 11.4 Å². The third kappa shape index (κ3) is 3.51. The van der Waals surface area contributed by atoms with E-state index in [4.69, 9.17) is 0 Å². The molecular weight excluding hydrogens is 362 g/mol. The van der Waals surface area contributed by atoms with Crippen molar-refractivity contribution in [3.05, 3.63) is 59.8 Å². The summed E-state index contributed by atoms with van der Waals surface area (Å²) in [6.45, 7) is 0. The summed E-state index contributed by atoms with van der Waals surface area (Å²) in [7, 11) is 0. The monoisotopic (exact) mass is 372 g/mol. The Morgan fingerprint density at radius 2 is 1.50 bits per heavy atom. The molecule has 2 aromatic carbocycles. The van der Waals surface area contributed by atoms with Crippen LogP contribution in [-0.2, 0) is 12.4 Å². The molecule has 0 amide bonds. The summed E-state index contributed by atoms with van der Waals surface area (Å²) in [5.74, 6) is -0.0644. The van der Waals surface area contributed by atoms with Gasteiger partial charge in [0, 0.05) is 11.1 Å². The van der Waals surface area contributed by atoms with Gasteiger partial charge in [-0.3, -0.25) is 0 Å². The molecule has 136 valence electrons. The molecule has 0 saturated heterocycles. The van der Waals surface area contributed by atoms with Crippen LogP contribution in [0.1, 0.15) is 11.3 Å². The van der Waals surface area contributed by atoms with Gasteiger partial charge in [0.2, 0.25) is 0 Å². The Labute approximate surface area is 142 Å². The highest BCUT2D eigenvalue weighted by molar-refractivity contribution is 5.95. The predicted molar refractivity (Wildman–Crippen MR) is 83.1 cm³/mol. The van der Waals surface area contributed by atoms with E-state index >= 15 is 0 Å². The van der Waals surface area contributed by atoms with E-state index in [1.807, 2.05) is 0 Å². The Morgan fingerprint density at radius 1 is 0.846 bits per heavy atom. The number of rotatable bonds is 2. The smallest absolute Gasteiger partial charge is 0.433 e. The molecular formula is C17H10F6N2O. The standard InChI is InChI=1S/C17H10F6N2O/c18-16(19,20)12-3-1-2-11-13(24-9-4-6-10(26)7-5-9)8-14(17(21,22)23)25-15(11)12/h1-8,26H,(H,24,25). The van der Waals surface area contributed by atoms with Crippen LogP contribution in [0.25, 0.3) is 10.9 Å². The molecule has 2 N–H and O–H groups in total. The van der Waals surface area contributed by atoms with Crippen LogP contribution in [0, 0.1) is 0 Å². The molecule has 9 heteroatoms. The molecule has 0 spiro atoms. The summed E-state index contributed by atoms with van der Waals surface area (Å²) in [5, 5.41) is 11.8. The Balaban J connectivity index is 2.25. The lowest BCUT2D eigenvalue weighted by Gasteiger charge is -2.16. The summed E-state index contributed by atoms with van der Waals surface area (Å²) in [6, 6.07) is 9.01. The van der Waals surface area contributed by atoms with Gasteiger partial charge < -0.3 is 10.4 Å². The molecule has 0 bridgehead atoms. The van der Waals surface area contributed by atoms with E-state index in [0.29, 0.717) is 17.8 Å². The molecule has 3 nitrogen and oxygen atoms in total. The fraction of sp³-hybridized carbons (Fsp3) is 0.118. The Hall–Kier alpha value is -2.97. The van der Waals surface area contributed by atoms with Gasteiger partial charge in [-0.25, -0.2) is 4.98 Å². The van der Waals surface area contributed by atoms with Gasteiger partial charge in [-0.1, -0.05) is 12.1 Å². The van der Waals surface area contributed by atoms with E-state index in [0.717, 1.165) is 6.07 Å². The van der Waals surface area contributed by atoms with Crippen molar-refractivity contribution in [3.8, 4) is 5.75 Å². The van der Waals surface area contributed by atoms with E-state index in [2.05, 4.69) is 10.3 Å². The van der Waals surface area contributed by atoms with Crippen LogP contribution in [0.2, 0.25) is 0 Å². The number of fused-ring (bicyclic) bond motifs is 1. The highest BCUT2D eigenvalue weighted by atomic mass is 19.4. The zero-order valence-electron chi connectivity index (χ0n) is 12.8. The first-order valence-electron chi connectivity index (χ1n) is 7.20.